The molecule has 100 valence electrons. The molecule has 2 fully saturated rings. The van der Waals surface area contributed by atoms with Gasteiger partial charge in [0.25, 0.3) is 0 Å². The molecule has 1 atom stereocenters. The van der Waals surface area contributed by atoms with Crippen LogP contribution in [0.25, 0.3) is 6.08 Å². The molecule has 0 aromatic heterocycles. The van der Waals surface area contributed by atoms with E-state index in [1.165, 1.54) is 24.5 Å². The summed E-state index contributed by atoms with van der Waals surface area (Å²) in [5.41, 5.74) is 2.44. The molecule has 1 spiro atoms. The summed E-state index contributed by atoms with van der Waals surface area (Å²) >= 11 is 0. The predicted molar refractivity (Wildman–Crippen MR) is 73.0 cm³/mol. The van der Waals surface area contributed by atoms with E-state index in [1.54, 1.807) is 6.08 Å². The molecule has 1 aromatic rings. The second-order valence-corrected chi connectivity index (χ2v) is 5.56. The Bertz CT molecular complexity index is 514. The maximum atomic E-state index is 10.5. The molecule has 1 unspecified atom stereocenters. The zero-order valence-electron chi connectivity index (χ0n) is 10.8. The molecule has 1 aliphatic carbocycles. The van der Waals surface area contributed by atoms with E-state index in [0.717, 1.165) is 25.0 Å². The third-order valence-electron chi connectivity index (χ3n) is 4.10. The van der Waals surface area contributed by atoms with Crippen molar-refractivity contribution in [3.8, 4) is 0 Å². The minimum Gasteiger partial charge on any atom is -0.478 e. The quantitative estimate of drug-likeness (QED) is 0.847. The van der Waals surface area contributed by atoms with Crippen molar-refractivity contribution in [3.63, 3.8) is 0 Å². The molecular weight excluding hydrogens is 240 g/mol. The molecule has 3 heteroatoms. The van der Waals surface area contributed by atoms with Gasteiger partial charge in [-0.3, -0.25) is 0 Å². The third-order valence-corrected chi connectivity index (χ3v) is 4.10. The number of rotatable bonds is 3. The second kappa shape index (κ2) is 4.82. The van der Waals surface area contributed by atoms with Gasteiger partial charge in [0.15, 0.2) is 0 Å². The Morgan fingerprint density at radius 1 is 1.42 bits per heavy atom. The van der Waals surface area contributed by atoms with E-state index in [2.05, 4.69) is 12.1 Å². The highest BCUT2D eigenvalue weighted by Crippen LogP contribution is 2.50. The fourth-order valence-corrected chi connectivity index (χ4v) is 2.88. The lowest BCUT2D eigenvalue weighted by Gasteiger charge is -2.30. The van der Waals surface area contributed by atoms with Crippen molar-refractivity contribution in [1.82, 2.24) is 0 Å². The first-order valence-corrected chi connectivity index (χ1v) is 6.82. The van der Waals surface area contributed by atoms with Crippen molar-refractivity contribution < 1.29 is 14.6 Å². The minimum atomic E-state index is -0.909. The van der Waals surface area contributed by atoms with Crippen molar-refractivity contribution in [3.05, 3.63) is 41.5 Å². The van der Waals surface area contributed by atoms with Gasteiger partial charge < -0.3 is 9.84 Å². The Morgan fingerprint density at radius 2 is 2.26 bits per heavy atom. The molecule has 2 aliphatic rings. The number of hydrogen-bond acceptors (Lipinski definition) is 2. The number of ether oxygens (including phenoxy) is 1. The molecule has 1 saturated carbocycles. The van der Waals surface area contributed by atoms with E-state index >= 15 is 0 Å². The van der Waals surface area contributed by atoms with Gasteiger partial charge in [-0.2, -0.15) is 0 Å². The van der Waals surface area contributed by atoms with Crippen LogP contribution in [0, 0.1) is 0 Å². The van der Waals surface area contributed by atoms with Crippen LogP contribution in [-0.4, -0.2) is 23.3 Å². The van der Waals surface area contributed by atoms with Crippen LogP contribution in [0.4, 0.5) is 0 Å². The van der Waals surface area contributed by atoms with Crippen molar-refractivity contribution >= 4 is 12.0 Å². The molecule has 1 aromatic carbocycles. The first kappa shape index (κ1) is 12.4. The van der Waals surface area contributed by atoms with E-state index < -0.39 is 5.97 Å². The predicted octanol–water partition coefficient (Wildman–Crippen LogP) is 3.21. The highest BCUT2D eigenvalue weighted by atomic mass is 16.5. The molecule has 19 heavy (non-hydrogen) atoms. The van der Waals surface area contributed by atoms with Gasteiger partial charge in [-0.25, -0.2) is 4.79 Å². The van der Waals surface area contributed by atoms with Crippen LogP contribution in [0.2, 0.25) is 0 Å². The summed E-state index contributed by atoms with van der Waals surface area (Å²) in [5, 5.41) is 8.67. The van der Waals surface area contributed by atoms with Crippen molar-refractivity contribution in [2.45, 2.75) is 37.2 Å². The van der Waals surface area contributed by atoms with Crippen molar-refractivity contribution in [2.75, 3.05) is 6.61 Å². The molecule has 1 heterocycles. The summed E-state index contributed by atoms with van der Waals surface area (Å²) in [4.78, 5) is 10.5. The maximum Gasteiger partial charge on any atom is 0.328 e. The molecule has 0 radical (unpaired) electrons. The van der Waals surface area contributed by atoms with Crippen molar-refractivity contribution in [2.24, 2.45) is 0 Å². The Labute approximate surface area is 112 Å². The fraction of sp³-hybridized carbons (Fsp3) is 0.438. The van der Waals surface area contributed by atoms with Crippen LogP contribution in [0.1, 0.15) is 42.7 Å². The van der Waals surface area contributed by atoms with E-state index in [9.17, 15) is 4.79 Å². The molecule has 3 rings (SSSR count). The fourth-order valence-electron chi connectivity index (χ4n) is 2.88. The molecule has 0 bridgehead atoms. The van der Waals surface area contributed by atoms with Crippen LogP contribution < -0.4 is 0 Å². The lowest BCUT2D eigenvalue weighted by Crippen LogP contribution is -2.25. The summed E-state index contributed by atoms with van der Waals surface area (Å²) in [6, 6.07) is 8.19. The first-order chi connectivity index (χ1) is 9.17. The smallest absolute Gasteiger partial charge is 0.328 e. The largest absolute Gasteiger partial charge is 0.478 e. The molecule has 1 saturated heterocycles. The standard InChI is InChI=1S/C16H18O3/c17-15(18)5-4-12-2-1-3-13(10-12)14-6-9-19-16(11-14)7-8-16/h1-5,10,14H,6-9,11H2,(H,17,18). The third kappa shape index (κ3) is 2.87. The molecule has 3 nitrogen and oxygen atoms in total. The van der Waals surface area contributed by atoms with Crippen LogP contribution >= 0.6 is 0 Å². The summed E-state index contributed by atoms with van der Waals surface area (Å²) in [6.07, 6.45) is 7.40. The van der Waals surface area contributed by atoms with E-state index in [4.69, 9.17) is 9.84 Å². The number of hydrogen-bond donors (Lipinski definition) is 1. The summed E-state index contributed by atoms with van der Waals surface area (Å²) in [7, 11) is 0. The summed E-state index contributed by atoms with van der Waals surface area (Å²) in [6.45, 7) is 0.847. The number of carbonyl (C=O) groups is 1. The number of aliphatic carboxylic acids is 1. The first-order valence-electron chi connectivity index (χ1n) is 6.82. The Hall–Kier alpha value is -1.61. The molecule has 1 aliphatic heterocycles. The van der Waals surface area contributed by atoms with Gasteiger partial charge in [-0.1, -0.05) is 24.3 Å². The van der Waals surface area contributed by atoms with Gasteiger partial charge in [-0.15, -0.1) is 0 Å². The van der Waals surface area contributed by atoms with Gasteiger partial charge in [0.05, 0.1) is 5.60 Å². The topological polar surface area (TPSA) is 46.5 Å². The minimum absolute atomic E-state index is 0.176. The summed E-state index contributed by atoms with van der Waals surface area (Å²) < 4.78 is 5.85. The lowest BCUT2D eigenvalue weighted by atomic mass is 9.87. The van der Waals surface area contributed by atoms with Gasteiger partial charge in [-0.05, 0) is 48.8 Å². The van der Waals surface area contributed by atoms with Crippen LogP contribution in [-0.2, 0) is 9.53 Å². The van der Waals surface area contributed by atoms with E-state index in [-0.39, 0.29) is 5.60 Å². The van der Waals surface area contributed by atoms with Crippen LogP contribution in [0.3, 0.4) is 0 Å². The Kier molecular flexibility index (Phi) is 3.15. The van der Waals surface area contributed by atoms with Gasteiger partial charge in [0, 0.05) is 12.7 Å². The molecule has 1 N–H and O–H groups in total. The second-order valence-electron chi connectivity index (χ2n) is 5.56. The van der Waals surface area contributed by atoms with Gasteiger partial charge in [0.2, 0.25) is 0 Å². The molecule has 0 amide bonds. The highest BCUT2D eigenvalue weighted by Gasteiger charge is 2.47. The highest BCUT2D eigenvalue weighted by molar-refractivity contribution is 5.85. The number of carboxylic acid groups (broad SMARTS) is 1. The van der Waals surface area contributed by atoms with Crippen LogP contribution in [0.15, 0.2) is 30.3 Å². The number of carboxylic acids is 1. The normalized spacial score (nSPS) is 24.7. The van der Waals surface area contributed by atoms with Gasteiger partial charge >= 0.3 is 5.97 Å². The zero-order valence-corrected chi connectivity index (χ0v) is 10.8. The van der Waals surface area contributed by atoms with Crippen LogP contribution in [0.5, 0.6) is 0 Å². The summed E-state index contributed by atoms with van der Waals surface area (Å²) in [5.74, 6) is -0.358. The van der Waals surface area contributed by atoms with Crippen molar-refractivity contribution in [1.29, 1.82) is 0 Å². The van der Waals surface area contributed by atoms with E-state index in [1.807, 2.05) is 12.1 Å². The number of benzene rings is 1. The van der Waals surface area contributed by atoms with Gasteiger partial charge in [0.1, 0.15) is 0 Å². The Morgan fingerprint density at radius 3 is 3.00 bits per heavy atom. The zero-order chi connectivity index (χ0) is 13.3. The Balaban J connectivity index is 1.77. The average Bonchev–Trinajstić information content (AvgIpc) is 3.16. The molecular formula is C16H18O3. The SMILES string of the molecule is O=C(O)C=Cc1cccc(C2CCOC3(CC3)C2)c1. The average molecular weight is 258 g/mol. The van der Waals surface area contributed by atoms with E-state index in [0.29, 0.717) is 5.92 Å². The maximum absolute atomic E-state index is 10.5. The monoisotopic (exact) mass is 258 g/mol. The lowest BCUT2D eigenvalue weighted by molar-refractivity contribution is -0.131.